The van der Waals surface area contributed by atoms with E-state index >= 15 is 0 Å². The van der Waals surface area contributed by atoms with Gasteiger partial charge in [0.25, 0.3) is 0 Å². The van der Waals surface area contributed by atoms with Gasteiger partial charge in [0.05, 0.1) is 0 Å². The topological polar surface area (TPSA) is 109 Å². The number of benzene rings is 1. The maximum atomic E-state index is 11.5. The molecule has 7 nitrogen and oxygen atoms in total. The van der Waals surface area contributed by atoms with Gasteiger partial charge in [0.1, 0.15) is 0 Å². The van der Waals surface area contributed by atoms with E-state index in [2.05, 4.69) is 15.4 Å². The predicted molar refractivity (Wildman–Crippen MR) is 77.0 cm³/mol. The summed E-state index contributed by atoms with van der Waals surface area (Å²) >= 11 is 1.42. The number of amidine groups is 1. The highest BCUT2D eigenvalue weighted by Gasteiger charge is 2.10. The van der Waals surface area contributed by atoms with Crippen LogP contribution in [0.1, 0.15) is 18.1 Å². The van der Waals surface area contributed by atoms with Gasteiger partial charge in [-0.3, -0.25) is 4.57 Å². The first-order chi connectivity index (χ1) is 9.67. The molecule has 0 spiro atoms. The van der Waals surface area contributed by atoms with Crippen LogP contribution in [0.25, 0.3) is 0 Å². The molecule has 1 aromatic heterocycles. The number of oxime groups is 1. The number of hydrogen-bond acceptors (Lipinski definition) is 5. The van der Waals surface area contributed by atoms with E-state index < -0.39 is 0 Å². The van der Waals surface area contributed by atoms with Crippen LogP contribution in [0, 0.1) is 0 Å². The Kier molecular flexibility index (Phi) is 4.46. The lowest BCUT2D eigenvalue weighted by Crippen LogP contribution is -2.16. The van der Waals surface area contributed by atoms with E-state index in [1.165, 1.54) is 11.8 Å². The second-order valence-corrected chi connectivity index (χ2v) is 4.93. The normalized spacial score (nSPS) is 11.8. The monoisotopic (exact) mass is 293 g/mol. The van der Waals surface area contributed by atoms with Crippen LogP contribution in [0.5, 0.6) is 0 Å². The molecule has 0 saturated carbocycles. The number of aromatic nitrogens is 3. The van der Waals surface area contributed by atoms with E-state index in [1.54, 1.807) is 10.6 Å². The zero-order chi connectivity index (χ0) is 14.5. The average molecular weight is 293 g/mol. The summed E-state index contributed by atoms with van der Waals surface area (Å²) in [6.45, 7) is 2.44. The predicted octanol–water partition coefficient (Wildman–Crippen LogP) is 0.978. The lowest BCUT2D eigenvalue weighted by Gasteiger charge is -2.07. The number of rotatable bonds is 5. The maximum Gasteiger partial charge on any atom is 0.343 e. The maximum absolute atomic E-state index is 11.5. The van der Waals surface area contributed by atoms with Crippen molar-refractivity contribution in [3.8, 4) is 0 Å². The molecule has 1 aromatic carbocycles. The van der Waals surface area contributed by atoms with Crippen LogP contribution < -0.4 is 11.4 Å². The van der Waals surface area contributed by atoms with Crippen LogP contribution in [-0.2, 0) is 12.3 Å². The quantitative estimate of drug-likeness (QED) is 0.250. The molecule has 106 valence electrons. The highest BCUT2D eigenvalue weighted by atomic mass is 32.2. The second-order valence-electron chi connectivity index (χ2n) is 3.99. The standard InChI is InChI=1S/C12H15N5O2S/c1-2-17-11(18)14-15-12(17)20-7-8-5-3-4-6-9(8)10(13)16-19/h3-6,19H,2,7H2,1H3,(H2,13,16)(H,14,18). The summed E-state index contributed by atoms with van der Waals surface area (Å²) in [4.78, 5) is 11.5. The molecule has 0 aliphatic heterocycles. The third kappa shape index (κ3) is 2.85. The van der Waals surface area contributed by atoms with Gasteiger partial charge in [-0.2, -0.15) is 0 Å². The van der Waals surface area contributed by atoms with Crippen molar-refractivity contribution >= 4 is 17.6 Å². The highest BCUT2D eigenvalue weighted by Crippen LogP contribution is 2.21. The molecule has 2 rings (SSSR count). The van der Waals surface area contributed by atoms with E-state index in [4.69, 9.17) is 10.9 Å². The molecule has 8 heteroatoms. The number of hydrogen-bond donors (Lipinski definition) is 3. The van der Waals surface area contributed by atoms with Gasteiger partial charge in [-0.05, 0) is 12.5 Å². The van der Waals surface area contributed by atoms with Crippen molar-refractivity contribution in [3.05, 3.63) is 45.9 Å². The lowest BCUT2D eigenvalue weighted by molar-refractivity contribution is 0.318. The smallest absolute Gasteiger partial charge is 0.343 e. The summed E-state index contributed by atoms with van der Waals surface area (Å²) in [6.07, 6.45) is 0. The number of aromatic amines is 1. The molecule has 2 aromatic rings. The molecule has 0 unspecified atom stereocenters. The Morgan fingerprint density at radius 2 is 2.30 bits per heavy atom. The van der Waals surface area contributed by atoms with Crippen LogP contribution in [-0.4, -0.2) is 25.8 Å². The van der Waals surface area contributed by atoms with Gasteiger partial charge in [-0.25, -0.2) is 9.89 Å². The van der Waals surface area contributed by atoms with Gasteiger partial charge >= 0.3 is 5.69 Å². The molecule has 0 radical (unpaired) electrons. The zero-order valence-electron chi connectivity index (χ0n) is 10.9. The molecule has 1 heterocycles. The van der Waals surface area contributed by atoms with E-state index in [1.807, 2.05) is 25.1 Å². The minimum absolute atomic E-state index is 0.0658. The van der Waals surface area contributed by atoms with Crippen molar-refractivity contribution in [3.63, 3.8) is 0 Å². The summed E-state index contributed by atoms with van der Waals surface area (Å²) in [5.41, 5.74) is 6.99. The lowest BCUT2D eigenvalue weighted by atomic mass is 10.1. The van der Waals surface area contributed by atoms with Gasteiger partial charge in [-0.1, -0.05) is 41.2 Å². The molecule has 0 saturated heterocycles. The molecule has 0 aliphatic carbocycles. The molecule has 0 atom stereocenters. The zero-order valence-corrected chi connectivity index (χ0v) is 11.7. The summed E-state index contributed by atoms with van der Waals surface area (Å²) in [5.74, 6) is 0.632. The number of nitrogens with one attached hydrogen (secondary N) is 1. The van der Waals surface area contributed by atoms with E-state index in [0.717, 1.165) is 5.56 Å². The average Bonchev–Trinajstić information content (AvgIpc) is 2.84. The first-order valence-corrected chi connectivity index (χ1v) is 6.99. The largest absolute Gasteiger partial charge is 0.409 e. The van der Waals surface area contributed by atoms with Crippen LogP contribution in [0.4, 0.5) is 0 Å². The third-order valence-electron chi connectivity index (χ3n) is 2.80. The van der Waals surface area contributed by atoms with Crippen molar-refractivity contribution in [2.24, 2.45) is 10.9 Å². The highest BCUT2D eigenvalue weighted by molar-refractivity contribution is 7.98. The Balaban J connectivity index is 2.21. The van der Waals surface area contributed by atoms with Crippen LogP contribution in [0.3, 0.4) is 0 Å². The molecule has 4 N–H and O–H groups in total. The van der Waals surface area contributed by atoms with Crippen molar-refractivity contribution in [2.45, 2.75) is 24.4 Å². The SMILES string of the molecule is CCn1c(SCc2ccccc2C(N)=NO)n[nH]c1=O. The molecule has 20 heavy (non-hydrogen) atoms. The Hall–Kier alpha value is -2.22. The van der Waals surface area contributed by atoms with Gasteiger partial charge < -0.3 is 10.9 Å². The number of nitrogens with zero attached hydrogens (tertiary/aromatic N) is 3. The van der Waals surface area contributed by atoms with Gasteiger partial charge in [0.2, 0.25) is 0 Å². The Morgan fingerprint density at radius 1 is 1.55 bits per heavy atom. The minimum atomic E-state index is -0.222. The molecule has 0 amide bonds. The van der Waals surface area contributed by atoms with Crippen LogP contribution in [0.2, 0.25) is 0 Å². The summed E-state index contributed by atoms with van der Waals surface area (Å²) in [5, 5.41) is 18.8. The Morgan fingerprint density at radius 3 is 3.00 bits per heavy atom. The molecular weight excluding hydrogens is 278 g/mol. The van der Waals surface area contributed by atoms with Gasteiger partial charge in [0.15, 0.2) is 11.0 Å². The van der Waals surface area contributed by atoms with Crippen molar-refractivity contribution in [1.82, 2.24) is 14.8 Å². The third-order valence-corrected chi connectivity index (χ3v) is 3.82. The van der Waals surface area contributed by atoms with E-state index in [9.17, 15) is 4.79 Å². The summed E-state index contributed by atoms with van der Waals surface area (Å²) in [6, 6.07) is 7.36. The van der Waals surface area contributed by atoms with E-state index in [0.29, 0.717) is 23.0 Å². The molecule has 0 fully saturated rings. The van der Waals surface area contributed by atoms with Crippen LogP contribution >= 0.6 is 11.8 Å². The number of thioether (sulfide) groups is 1. The van der Waals surface area contributed by atoms with Crippen molar-refractivity contribution in [1.29, 1.82) is 0 Å². The summed E-state index contributed by atoms with van der Waals surface area (Å²) < 4.78 is 1.55. The summed E-state index contributed by atoms with van der Waals surface area (Å²) in [7, 11) is 0. The molecule has 0 bridgehead atoms. The first-order valence-electron chi connectivity index (χ1n) is 6.01. The Labute approximate surface area is 119 Å². The number of nitrogens with two attached hydrogens (primary N) is 1. The minimum Gasteiger partial charge on any atom is -0.409 e. The van der Waals surface area contributed by atoms with Gasteiger partial charge in [0, 0.05) is 17.9 Å². The van der Waals surface area contributed by atoms with Crippen molar-refractivity contribution < 1.29 is 5.21 Å². The number of H-pyrrole nitrogens is 1. The molecular formula is C12H15N5O2S. The Bertz CT molecular complexity index is 676. The van der Waals surface area contributed by atoms with Gasteiger partial charge in [-0.15, -0.1) is 5.10 Å². The fraction of sp³-hybridized carbons (Fsp3) is 0.250. The van der Waals surface area contributed by atoms with Crippen LogP contribution in [0.15, 0.2) is 39.4 Å². The van der Waals surface area contributed by atoms with E-state index in [-0.39, 0.29) is 11.5 Å². The first kappa shape index (κ1) is 14.2. The fourth-order valence-corrected chi connectivity index (χ4v) is 2.80. The fourth-order valence-electron chi connectivity index (χ4n) is 1.78. The second kappa shape index (κ2) is 6.29. The molecule has 0 aliphatic rings. The van der Waals surface area contributed by atoms with Crippen molar-refractivity contribution in [2.75, 3.05) is 0 Å².